The molecule has 0 fully saturated rings. The molecular weight excluding hydrogens is 258 g/mol. The minimum Gasteiger partial charge on any atom is -0.484 e. The highest BCUT2D eigenvalue weighted by Gasteiger charge is 2.04. The monoisotopic (exact) mass is 279 g/mol. The molecule has 0 unspecified atom stereocenters. The molecule has 0 aliphatic carbocycles. The first kappa shape index (κ1) is 16.0. The molecule has 1 rings (SSSR count). The van der Waals surface area contributed by atoms with Gasteiger partial charge >= 0.3 is 5.97 Å². The van der Waals surface area contributed by atoms with Crippen molar-refractivity contribution in [2.24, 2.45) is 0 Å². The highest BCUT2D eigenvalue weighted by molar-refractivity contribution is 5.77. The van der Waals surface area contributed by atoms with E-state index in [-0.39, 0.29) is 18.5 Å². The zero-order valence-corrected chi connectivity index (χ0v) is 12.0. The van der Waals surface area contributed by atoms with Gasteiger partial charge in [0.25, 0.3) is 5.91 Å². The fourth-order valence-electron chi connectivity index (χ4n) is 1.60. The summed E-state index contributed by atoms with van der Waals surface area (Å²) in [4.78, 5) is 22.6. The third-order valence-electron chi connectivity index (χ3n) is 2.54. The van der Waals surface area contributed by atoms with Crippen LogP contribution in [0.15, 0.2) is 24.3 Å². The summed E-state index contributed by atoms with van der Waals surface area (Å²) in [6.45, 7) is 4.53. The van der Waals surface area contributed by atoms with Crippen molar-refractivity contribution >= 4 is 11.9 Å². The molecule has 5 nitrogen and oxygen atoms in total. The fourth-order valence-corrected chi connectivity index (χ4v) is 1.60. The van der Waals surface area contributed by atoms with Crippen LogP contribution < -0.4 is 10.1 Å². The van der Waals surface area contributed by atoms with Crippen LogP contribution in [0.5, 0.6) is 5.75 Å². The van der Waals surface area contributed by atoms with Crippen molar-refractivity contribution < 1.29 is 19.1 Å². The summed E-state index contributed by atoms with van der Waals surface area (Å²) in [7, 11) is 0. The van der Waals surface area contributed by atoms with Crippen LogP contribution >= 0.6 is 0 Å². The molecule has 0 atom stereocenters. The molecule has 0 heterocycles. The van der Waals surface area contributed by atoms with Crippen LogP contribution in [0, 0.1) is 6.92 Å². The average molecular weight is 279 g/mol. The lowest BCUT2D eigenvalue weighted by molar-refractivity contribution is -0.143. The van der Waals surface area contributed by atoms with E-state index in [4.69, 9.17) is 9.47 Å². The number of carbonyl (C=O) groups excluding carboxylic acids is 2. The number of aryl methyl sites for hydroxylation is 1. The third-order valence-corrected chi connectivity index (χ3v) is 2.54. The first-order chi connectivity index (χ1) is 9.61. The van der Waals surface area contributed by atoms with Crippen LogP contribution in [0.25, 0.3) is 0 Å². The van der Waals surface area contributed by atoms with Gasteiger partial charge in [-0.1, -0.05) is 12.1 Å². The Balaban J connectivity index is 2.13. The number of nitrogens with one attached hydrogen (secondary N) is 1. The van der Waals surface area contributed by atoms with Gasteiger partial charge in [-0.2, -0.15) is 0 Å². The van der Waals surface area contributed by atoms with Gasteiger partial charge in [-0.05, 0) is 38.0 Å². The molecule has 0 aliphatic heterocycles. The van der Waals surface area contributed by atoms with Crippen LogP contribution in [0.1, 0.15) is 25.3 Å². The Bertz CT molecular complexity index is 445. The van der Waals surface area contributed by atoms with Crippen molar-refractivity contribution in [2.75, 3.05) is 19.8 Å². The molecule has 110 valence electrons. The van der Waals surface area contributed by atoms with Gasteiger partial charge in [0.05, 0.1) is 6.61 Å². The quantitative estimate of drug-likeness (QED) is 0.582. The Labute approximate surface area is 119 Å². The lowest BCUT2D eigenvalue weighted by Crippen LogP contribution is -2.30. The number of hydrogen-bond donors (Lipinski definition) is 1. The molecule has 0 aromatic heterocycles. The molecular formula is C15H21NO4. The van der Waals surface area contributed by atoms with E-state index >= 15 is 0 Å². The predicted molar refractivity (Wildman–Crippen MR) is 75.6 cm³/mol. The lowest BCUT2D eigenvalue weighted by atomic mass is 10.2. The van der Waals surface area contributed by atoms with Crippen molar-refractivity contribution in [2.45, 2.75) is 26.7 Å². The second-order valence-corrected chi connectivity index (χ2v) is 4.36. The Morgan fingerprint density at radius 2 is 2.10 bits per heavy atom. The summed E-state index contributed by atoms with van der Waals surface area (Å²) in [5.41, 5.74) is 1.08. The van der Waals surface area contributed by atoms with E-state index < -0.39 is 0 Å². The van der Waals surface area contributed by atoms with Crippen LogP contribution in [-0.4, -0.2) is 31.6 Å². The van der Waals surface area contributed by atoms with E-state index in [0.717, 1.165) is 5.56 Å². The molecule has 0 bridgehead atoms. The van der Waals surface area contributed by atoms with Crippen molar-refractivity contribution in [1.29, 1.82) is 0 Å². The van der Waals surface area contributed by atoms with Crippen molar-refractivity contribution in [3.63, 3.8) is 0 Å². The number of amides is 1. The zero-order valence-electron chi connectivity index (χ0n) is 12.0. The van der Waals surface area contributed by atoms with E-state index in [1.807, 2.05) is 25.1 Å². The number of hydrogen-bond acceptors (Lipinski definition) is 4. The van der Waals surface area contributed by atoms with Gasteiger partial charge in [-0.15, -0.1) is 0 Å². The summed E-state index contributed by atoms with van der Waals surface area (Å²) < 4.78 is 10.2. The van der Waals surface area contributed by atoms with E-state index in [1.165, 1.54) is 0 Å². The maximum Gasteiger partial charge on any atom is 0.305 e. The largest absolute Gasteiger partial charge is 0.484 e. The fraction of sp³-hybridized carbons (Fsp3) is 0.467. The van der Waals surface area contributed by atoms with E-state index in [2.05, 4.69) is 5.32 Å². The normalized spacial score (nSPS) is 9.90. The van der Waals surface area contributed by atoms with Gasteiger partial charge in [0.15, 0.2) is 6.61 Å². The Morgan fingerprint density at radius 3 is 2.80 bits per heavy atom. The van der Waals surface area contributed by atoms with Crippen LogP contribution in [0.2, 0.25) is 0 Å². The standard InChI is InChI=1S/C15H21NO4/c1-3-19-15(18)8-5-9-16-14(17)11-20-13-7-4-6-12(2)10-13/h4,6-7,10H,3,5,8-9,11H2,1-2H3,(H,16,17). The molecule has 20 heavy (non-hydrogen) atoms. The number of benzene rings is 1. The Kier molecular flexibility index (Phi) is 7.17. The minimum absolute atomic E-state index is 0.0249. The number of rotatable bonds is 8. The number of ether oxygens (including phenoxy) is 2. The van der Waals surface area contributed by atoms with E-state index in [9.17, 15) is 9.59 Å². The molecule has 0 radical (unpaired) electrons. The van der Waals surface area contributed by atoms with Gasteiger partial charge < -0.3 is 14.8 Å². The summed E-state index contributed by atoms with van der Waals surface area (Å²) in [6.07, 6.45) is 0.877. The lowest BCUT2D eigenvalue weighted by Gasteiger charge is -2.08. The van der Waals surface area contributed by atoms with Crippen molar-refractivity contribution in [3.05, 3.63) is 29.8 Å². The highest BCUT2D eigenvalue weighted by atomic mass is 16.5. The molecule has 5 heteroatoms. The molecule has 0 saturated heterocycles. The van der Waals surface area contributed by atoms with E-state index in [1.54, 1.807) is 13.0 Å². The van der Waals surface area contributed by atoms with Crippen molar-refractivity contribution in [1.82, 2.24) is 5.32 Å². The zero-order chi connectivity index (χ0) is 14.8. The third kappa shape index (κ3) is 6.78. The van der Waals surface area contributed by atoms with Crippen LogP contribution in [0.3, 0.4) is 0 Å². The molecule has 1 amide bonds. The summed E-state index contributed by atoms with van der Waals surface area (Å²) >= 11 is 0. The molecule has 0 spiro atoms. The topological polar surface area (TPSA) is 64.6 Å². The maximum absolute atomic E-state index is 11.5. The van der Waals surface area contributed by atoms with E-state index in [0.29, 0.717) is 31.7 Å². The summed E-state index contributed by atoms with van der Waals surface area (Å²) in [5, 5.41) is 2.69. The summed E-state index contributed by atoms with van der Waals surface area (Å²) in [5.74, 6) is 0.236. The molecule has 0 aliphatic rings. The van der Waals surface area contributed by atoms with Crippen molar-refractivity contribution in [3.8, 4) is 5.75 Å². The summed E-state index contributed by atoms with van der Waals surface area (Å²) in [6, 6.07) is 7.51. The van der Waals surface area contributed by atoms with Gasteiger partial charge in [-0.25, -0.2) is 0 Å². The molecule has 0 saturated carbocycles. The van der Waals surface area contributed by atoms with Crippen LogP contribution in [0.4, 0.5) is 0 Å². The Hall–Kier alpha value is -2.04. The average Bonchev–Trinajstić information content (AvgIpc) is 2.42. The van der Waals surface area contributed by atoms with Gasteiger partial charge in [0, 0.05) is 13.0 Å². The van der Waals surface area contributed by atoms with Gasteiger partial charge in [-0.3, -0.25) is 9.59 Å². The smallest absolute Gasteiger partial charge is 0.305 e. The number of carbonyl (C=O) groups is 2. The number of esters is 1. The SMILES string of the molecule is CCOC(=O)CCCNC(=O)COc1cccc(C)c1. The van der Waals surface area contributed by atoms with Gasteiger partial charge in [0.2, 0.25) is 0 Å². The molecule has 1 aromatic rings. The first-order valence-electron chi connectivity index (χ1n) is 6.73. The second kappa shape index (κ2) is 8.96. The Morgan fingerprint density at radius 1 is 1.30 bits per heavy atom. The van der Waals surface area contributed by atoms with Gasteiger partial charge in [0.1, 0.15) is 5.75 Å². The van der Waals surface area contributed by atoms with Crippen LogP contribution in [-0.2, 0) is 14.3 Å². The second-order valence-electron chi connectivity index (χ2n) is 4.36. The maximum atomic E-state index is 11.5. The minimum atomic E-state index is -0.238. The molecule has 1 aromatic carbocycles. The molecule has 1 N–H and O–H groups in total. The predicted octanol–water partition coefficient (Wildman–Crippen LogP) is 1.83. The highest BCUT2D eigenvalue weighted by Crippen LogP contribution is 2.11. The first-order valence-corrected chi connectivity index (χ1v) is 6.73.